The highest BCUT2D eigenvalue weighted by Crippen LogP contribution is 2.18. The van der Waals surface area contributed by atoms with Crippen LogP contribution in [0.2, 0.25) is 19.6 Å². The molecule has 0 spiro atoms. The lowest BCUT2D eigenvalue weighted by Gasteiger charge is -2.23. The maximum Gasteiger partial charge on any atom is 0.184 e. The van der Waals surface area contributed by atoms with Crippen molar-refractivity contribution in [2.75, 3.05) is 0 Å². The van der Waals surface area contributed by atoms with Crippen molar-refractivity contribution in [2.24, 2.45) is 0 Å². The maximum atomic E-state index is 9.31. The van der Waals surface area contributed by atoms with Crippen molar-refractivity contribution in [3.63, 3.8) is 0 Å². The molecule has 0 saturated carbocycles. The highest BCUT2D eigenvalue weighted by atomic mass is 28.4. The Balaban J connectivity index is 1.84. The number of aromatic nitrogens is 2. The fourth-order valence-corrected chi connectivity index (χ4v) is 3.82. The normalized spacial score (nSPS) is 13.0. The number of aryl methyl sites for hydroxylation is 1. The van der Waals surface area contributed by atoms with Crippen LogP contribution in [0.1, 0.15) is 25.3 Å². The molecule has 0 aliphatic carbocycles. The lowest BCUT2D eigenvalue weighted by Crippen LogP contribution is -2.30. The molecule has 1 atom stereocenters. The minimum absolute atomic E-state index is 0.250. The summed E-state index contributed by atoms with van der Waals surface area (Å²) in [5, 5.41) is 9.31. The van der Waals surface area contributed by atoms with E-state index in [1.54, 1.807) is 12.1 Å². The Morgan fingerprint density at radius 3 is 2.26 bits per heavy atom. The van der Waals surface area contributed by atoms with Crippen LogP contribution in [0.5, 0.6) is 5.75 Å². The molecule has 2 aromatic rings. The third-order valence-corrected chi connectivity index (χ3v) is 4.57. The molecule has 1 N–H and O–H groups in total. The van der Waals surface area contributed by atoms with Crippen molar-refractivity contribution in [3.05, 3.63) is 42.2 Å². The minimum Gasteiger partial charge on any atom is -0.508 e. The van der Waals surface area contributed by atoms with Crippen LogP contribution in [0.3, 0.4) is 0 Å². The van der Waals surface area contributed by atoms with E-state index in [0.29, 0.717) is 11.9 Å². The molecule has 23 heavy (non-hydrogen) atoms. The molecule has 0 radical (unpaired) electrons. The van der Waals surface area contributed by atoms with Gasteiger partial charge >= 0.3 is 0 Å². The van der Waals surface area contributed by atoms with E-state index in [2.05, 4.69) is 36.5 Å². The first-order valence-electron chi connectivity index (χ1n) is 8.11. The number of aromatic hydroxyl groups is 1. The SMILES string of the molecule is CC(CCCc1cnc(-c2ccc(O)cc2)nc1)O[Si](C)(C)C. The first-order valence-corrected chi connectivity index (χ1v) is 11.5. The zero-order valence-electron chi connectivity index (χ0n) is 14.4. The first-order chi connectivity index (χ1) is 10.8. The topological polar surface area (TPSA) is 55.2 Å². The number of rotatable bonds is 7. The van der Waals surface area contributed by atoms with E-state index in [9.17, 15) is 5.11 Å². The van der Waals surface area contributed by atoms with Gasteiger partial charge in [-0.2, -0.15) is 0 Å². The quantitative estimate of drug-likeness (QED) is 0.764. The monoisotopic (exact) mass is 330 g/mol. The minimum atomic E-state index is -1.44. The fraction of sp³-hybridized carbons (Fsp3) is 0.444. The van der Waals surface area contributed by atoms with Crippen molar-refractivity contribution >= 4 is 8.32 Å². The van der Waals surface area contributed by atoms with E-state index in [1.807, 2.05) is 24.5 Å². The van der Waals surface area contributed by atoms with E-state index >= 15 is 0 Å². The zero-order chi connectivity index (χ0) is 16.9. The van der Waals surface area contributed by atoms with Crippen LogP contribution < -0.4 is 0 Å². The van der Waals surface area contributed by atoms with Crippen molar-refractivity contribution in [1.82, 2.24) is 9.97 Å². The molecule has 4 nitrogen and oxygen atoms in total. The van der Waals surface area contributed by atoms with Crippen molar-refractivity contribution in [1.29, 1.82) is 0 Å². The molecule has 5 heteroatoms. The van der Waals surface area contributed by atoms with Crippen LogP contribution in [0.4, 0.5) is 0 Å². The van der Waals surface area contributed by atoms with Gasteiger partial charge in [-0.05, 0) is 75.7 Å². The number of phenolic OH excluding ortho intramolecular Hbond substituents is 1. The summed E-state index contributed by atoms with van der Waals surface area (Å²) in [7, 11) is -1.44. The summed E-state index contributed by atoms with van der Waals surface area (Å²) in [6, 6.07) is 6.93. The molecule has 0 aliphatic heterocycles. The number of phenols is 1. The van der Waals surface area contributed by atoms with Gasteiger partial charge in [-0.25, -0.2) is 9.97 Å². The predicted molar refractivity (Wildman–Crippen MR) is 96.0 cm³/mol. The second-order valence-electron chi connectivity index (χ2n) is 6.89. The summed E-state index contributed by atoms with van der Waals surface area (Å²) < 4.78 is 6.05. The third-order valence-electron chi connectivity index (χ3n) is 3.46. The van der Waals surface area contributed by atoms with Gasteiger partial charge in [0, 0.05) is 24.1 Å². The lowest BCUT2D eigenvalue weighted by atomic mass is 10.1. The number of hydrogen-bond donors (Lipinski definition) is 1. The summed E-state index contributed by atoms with van der Waals surface area (Å²) in [6.07, 6.45) is 7.20. The smallest absolute Gasteiger partial charge is 0.184 e. The Bertz CT molecular complexity index is 606. The molecule has 1 aromatic heterocycles. The second-order valence-corrected chi connectivity index (χ2v) is 11.4. The third kappa shape index (κ3) is 6.12. The Kier molecular flexibility index (Phi) is 5.90. The largest absolute Gasteiger partial charge is 0.508 e. The molecule has 0 aliphatic rings. The van der Waals surface area contributed by atoms with Crippen LogP contribution in [0, 0.1) is 0 Å². The van der Waals surface area contributed by atoms with E-state index in [-0.39, 0.29) is 5.75 Å². The van der Waals surface area contributed by atoms with Gasteiger partial charge in [-0.15, -0.1) is 0 Å². The highest BCUT2D eigenvalue weighted by Gasteiger charge is 2.17. The summed E-state index contributed by atoms with van der Waals surface area (Å²) in [4.78, 5) is 8.84. The Morgan fingerprint density at radius 1 is 1.09 bits per heavy atom. The van der Waals surface area contributed by atoms with E-state index < -0.39 is 8.32 Å². The van der Waals surface area contributed by atoms with Crippen LogP contribution in [-0.4, -0.2) is 29.5 Å². The predicted octanol–water partition coefficient (Wildman–Crippen LogP) is 4.41. The van der Waals surface area contributed by atoms with Gasteiger partial charge in [0.1, 0.15) is 5.75 Å². The molecule has 1 unspecified atom stereocenters. The van der Waals surface area contributed by atoms with Crippen LogP contribution in [0.15, 0.2) is 36.7 Å². The molecule has 0 bridgehead atoms. The van der Waals surface area contributed by atoms with E-state index in [4.69, 9.17) is 4.43 Å². The standard InChI is InChI=1S/C18H26N2O2Si/c1-14(22-23(2,3)4)6-5-7-15-12-19-18(20-13-15)16-8-10-17(21)11-9-16/h8-14,21H,5-7H2,1-4H3. The zero-order valence-corrected chi connectivity index (χ0v) is 15.4. The summed E-state index contributed by atoms with van der Waals surface area (Å²) in [5.74, 6) is 0.934. The molecule has 0 fully saturated rings. The Morgan fingerprint density at radius 2 is 1.70 bits per heavy atom. The number of nitrogens with zero attached hydrogens (tertiary/aromatic N) is 2. The Labute approximate surface area is 139 Å². The molecular formula is C18H26N2O2Si. The van der Waals surface area contributed by atoms with Gasteiger partial charge in [-0.1, -0.05) is 0 Å². The molecule has 2 rings (SSSR count). The summed E-state index contributed by atoms with van der Waals surface area (Å²) in [6.45, 7) is 8.82. The molecular weight excluding hydrogens is 304 g/mol. The van der Waals surface area contributed by atoms with Crippen molar-refractivity contribution in [3.8, 4) is 17.1 Å². The van der Waals surface area contributed by atoms with Crippen molar-refractivity contribution in [2.45, 2.75) is 51.9 Å². The Hall–Kier alpha value is -1.72. The van der Waals surface area contributed by atoms with E-state index in [1.165, 1.54) is 0 Å². The van der Waals surface area contributed by atoms with E-state index in [0.717, 1.165) is 30.4 Å². The summed E-state index contributed by atoms with van der Waals surface area (Å²) >= 11 is 0. The fourth-order valence-electron chi connectivity index (χ4n) is 2.50. The van der Waals surface area contributed by atoms with Gasteiger partial charge in [-0.3, -0.25) is 0 Å². The van der Waals surface area contributed by atoms with Crippen molar-refractivity contribution < 1.29 is 9.53 Å². The van der Waals surface area contributed by atoms with Gasteiger partial charge in [0.2, 0.25) is 0 Å². The molecule has 1 heterocycles. The van der Waals surface area contributed by atoms with Gasteiger partial charge < -0.3 is 9.53 Å². The van der Waals surface area contributed by atoms with Crippen LogP contribution >= 0.6 is 0 Å². The highest BCUT2D eigenvalue weighted by molar-refractivity contribution is 6.69. The first kappa shape index (κ1) is 17.6. The number of benzene rings is 1. The molecule has 1 aromatic carbocycles. The summed E-state index contributed by atoms with van der Waals surface area (Å²) in [5.41, 5.74) is 2.05. The van der Waals surface area contributed by atoms with Crippen LogP contribution in [-0.2, 0) is 10.8 Å². The van der Waals surface area contributed by atoms with Crippen LogP contribution in [0.25, 0.3) is 11.4 Å². The molecule has 0 saturated heterocycles. The molecule has 124 valence electrons. The molecule has 0 amide bonds. The maximum absolute atomic E-state index is 9.31. The average Bonchev–Trinajstić information content (AvgIpc) is 2.47. The van der Waals surface area contributed by atoms with Gasteiger partial charge in [0.15, 0.2) is 14.1 Å². The van der Waals surface area contributed by atoms with Gasteiger partial charge in [0.25, 0.3) is 0 Å². The lowest BCUT2D eigenvalue weighted by molar-refractivity contribution is 0.200. The average molecular weight is 331 g/mol. The number of hydrogen-bond acceptors (Lipinski definition) is 4. The second kappa shape index (κ2) is 7.70. The van der Waals surface area contributed by atoms with Gasteiger partial charge in [0.05, 0.1) is 0 Å².